The molecule has 1 fully saturated rings. The van der Waals surface area contributed by atoms with Gasteiger partial charge in [-0.3, -0.25) is 4.79 Å². The zero-order valence-corrected chi connectivity index (χ0v) is 11.9. The van der Waals surface area contributed by atoms with Gasteiger partial charge in [-0.25, -0.2) is 0 Å². The van der Waals surface area contributed by atoms with Gasteiger partial charge in [0.05, 0.1) is 6.42 Å². The molecule has 2 atom stereocenters. The zero-order valence-electron chi connectivity index (χ0n) is 11.9. The maximum Gasteiger partial charge on any atom is 0.224 e. The van der Waals surface area contributed by atoms with E-state index in [1.54, 1.807) is 0 Å². The monoisotopic (exact) mass is 260 g/mol. The van der Waals surface area contributed by atoms with Crippen molar-refractivity contribution in [3.8, 4) is 0 Å². The Morgan fingerprint density at radius 3 is 2.95 bits per heavy atom. The molecule has 19 heavy (non-hydrogen) atoms. The molecule has 1 aromatic carbocycles. The molecule has 2 N–H and O–H groups in total. The number of benzene rings is 1. The first-order chi connectivity index (χ1) is 9.13. The van der Waals surface area contributed by atoms with Crippen LogP contribution in [0.4, 0.5) is 0 Å². The Labute approximate surface area is 115 Å². The number of carbonyl (C=O) groups excluding carboxylic acids is 1. The number of rotatable bonds is 4. The van der Waals surface area contributed by atoms with Crippen LogP contribution in [0.15, 0.2) is 24.3 Å². The normalized spacial score (nSPS) is 23.1. The molecule has 1 aliphatic heterocycles. The van der Waals surface area contributed by atoms with Crippen LogP contribution in [0.5, 0.6) is 0 Å². The maximum atomic E-state index is 11.9. The number of nitrogens with one attached hydrogen (secondary N) is 2. The second-order valence-electron chi connectivity index (χ2n) is 5.72. The van der Waals surface area contributed by atoms with E-state index in [1.165, 1.54) is 18.4 Å². The predicted molar refractivity (Wildman–Crippen MR) is 78.1 cm³/mol. The SMILES string of the molecule is Cc1cccc(CC(=O)NCC2CCC(C)NC2)c1. The molecule has 0 saturated carbocycles. The van der Waals surface area contributed by atoms with Gasteiger partial charge in [-0.05, 0) is 44.7 Å². The van der Waals surface area contributed by atoms with Crippen molar-refractivity contribution in [1.82, 2.24) is 10.6 Å². The summed E-state index contributed by atoms with van der Waals surface area (Å²) in [7, 11) is 0. The summed E-state index contributed by atoms with van der Waals surface area (Å²) in [5, 5.41) is 6.52. The molecule has 1 aromatic rings. The summed E-state index contributed by atoms with van der Waals surface area (Å²) in [4.78, 5) is 11.9. The third-order valence-electron chi connectivity index (χ3n) is 3.80. The van der Waals surface area contributed by atoms with E-state index in [-0.39, 0.29) is 5.91 Å². The third kappa shape index (κ3) is 4.67. The molecule has 0 radical (unpaired) electrons. The topological polar surface area (TPSA) is 41.1 Å². The van der Waals surface area contributed by atoms with E-state index in [4.69, 9.17) is 0 Å². The van der Waals surface area contributed by atoms with Crippen LogP contribution in [0.1, 0.15) is 30.9 Å². The van der Waals surface area contributed by atoms with Crippen molar-refractivity contribution >= 4 is 5.91 Å². The number of piperidine rings is 1. The molecule has 104 valence electrons. The number of aryl methyl sites for hydroxylation is 1. The largest absolute Gasteiger partial charge is 0.355 e. The van der Waals surface area contributed by atoms with E-state index in [0.29, 0.717) is 18.4 Å². The lowest BCUT2D eigenvalue weighted by atomic mass is 9.95. The highest BCUT2D eigenvalue weighted by Crippen LogP contribution is 2.13. The summed E-state index contributed by atoms with van der Waals surface area (Å²) in [5.41, 5.74) is 2.30. The number of hydrogen-bond donors (Lipinski definition) is 2. The lowest BCUT2D eigenvalue weighted by Gasteiger charge is -2.27. The van der Waals surface area contributed by atoms with Gasteiger partial charge >= 0.3 is 0 Å². The standard InChI is InChI=1S/C16H24N2O/c1-12-4-3-5-14(8-12)9-16(19)18-11-15-7-6-13(2)17-10-15/h3-5,8,13,15,17H,6-7,9-11H2,1-2H3,(H,18,19). The first-order valence-corrected chi connectivity index (χ1v) is 7.19. The summed E-state index contributed by atoms with van der Waals surface area (Å²) < 4.78 is 0. The van der Waals surface area contributed by atoms with Crippen LogP contribution in [0.2, 0.25) is 0 Å². The van der Waals surface area contributed by atoms with Gasteiger partial charge in [-0.15, -0.1) is 0 Å². The molecular weight excluding hydrogens is 236 g/mol. The number of hydrogen-bond acceptors (Lipinski definition) is 2. The van der Waals surface area contributed by atoms with Crippen molar-refractivity contribution in [3.63, 3.8) is 0 Å². The summed E-state index contributed by atoms with van der Waals surface area (Å²) >= 11 is 0. The molecular formula is C16H24N2O. The first-order valence-electron chi connectivity index (χ1n) is 7.19. The minimum Gasteiger partial charge on any atom is -0.355 e. The van der Waals surface area contributed by atoms with Gasteiger partial charge in [0.1, 0.15) is 0 Å². The molecule has 3 heteroatoms. The minimum absolute atomic E-state index is 0.129. The molecule has 0 spiro atoms. The predicted octanol–water partition coefficient (Wildman–Crippen LogP) is 2.04. The third-order valence-corrected chi connectivity index (χ3v) is 3.80. The highest BCUT2D eigenvalue weighted by molar-refractivity contribution is 5.78. The van der Waals surface area contributed by atoms with Crippen molar-refractivity contribution in [3.05, 3.63) is 35.4 Å². The van der Waals surface area contributed by atoms with E-state index >= 15 is 0 Å². The fourth-order valence-electron chi connectivity index (χ4n) is 2.56. The van der Waals surface area contributed by atoms with Gasteiger partial charge in [-0.1, -0.05) is 29.8 Å². The Morgan fingerprint density at radius 1 is 1.42 bits per heavy atom. The van der Waals surface area contributed by atoms with Crippen molar-refractivity contribution < 1.29 is 4.79 Å². The van der Waals surface area contributed by atoms with Gasteiger partial charge < -0.3 is 10.6 Å². The lowest BCUT2D eigenvalue weighted by Crippen LogP contribution is -2.42. The Balaban J connectivity index is 1.73. The molecule has 0 aliphatic carbocycles. The number of amides is 1. The summed E-state index contributed by atoms with van der Waals surface area (Å²) in [6.45, 7) is 6.08. The fourth-order valence-corrected chi connectivity index (χ4v) is 2.56. The van der Waals surface area contributed by atoms with Gasteiger partial charge in [0.15, 0.2) is 0 Å². The molecule has 2 unspecified atom stereocenters. The highest BCUT2D eigenvalue weighted by Gasteiger charge is 2.17. The van der Waals surface area contributed by atoms with Crippen LogP contribution in [-0.2, 0) is 11.2 Å². The Hall–Kier alpha value is -1.35. The van der Waals surface area contributed by atoms with Crippen LogP contribution >= 0.6 is 0 Å². The fraction of sp³-hybridized carbons (Fsp3) is 0.562. The average molecular weight is 260 g/mol. The molecule has 3 nitrogen and oxygen atoms in total. The Bertz CT molecular complexity index is 423. The maximum absolute atomic E-state index is 11.9. The molecule has 0 bridgehead atoms. The van der Waals surface area contributed by atoms with Crippen LogP contribution < -0.4 is 10.6 Å². The van der Waals surface area contributed by atoms with Gasteiger partial charge in [0, 0.05) is 12.6 Å². The first kappa shape index (κ1) is 14.1. The number of carbonyl (C=O) groups is 1. The summed E-state index contributed by atoms with van der Waals surface area (Å²) in [5.74, 6) is 0.710. The Kier molecular flexibility index (Phi) is 4.97. The van der Waals surface area contributed by atoms with Crippen LogP contribution in [0.25, 0.3) is 0 Å². The average Bonchev–Trinajstić information content (AvgIpc) is 2.38. The van der Waals surface area contributed by atoms with E-state index < -0.39 is 0 Å². The molecule has 0 aromatic heterocycles. The van der Waals surface area contributed by atoms with Crippen LogP contribution in [0, 0.1) is 12.8 Å². The Morgan fingerprint density at radius 2 is 2.26 bits per heavy atom. The summed E-state index contributed by atoms with van der Waals surface area (Å²) in [6, 6.07) is 8.76. The summed E-state index contributed by atoms with van der Waals surface area (Å²) in [6.07, 6.45) is 2.90. The molecule has 2 rings (SSSR count). The van der Waals surface area contributed by atoms with Crippen molar-refractivity contribution in [2.24, 2.45) is 5.92 Å². The van der Waals surface area contributed by atoms with Crippen LogP contribution in [0.3, 0.4) is 0 Å². The van der Waals surface area contributed by atoms with Gasteiger partial charge in [-0.2, -0.15) is 0 Å². The smallest absolute Gasteiger partial charge is 0.224 e. The second-order valence-corrected chi connectivity index (χ2v) is 5.72. The van der Waals surface area contributed by atoms with E-state index in [1.807, 2.05) is 12.1 Å². The van der Waals surface area contributed by atoms with Gasteiger partial charge in [0.2, 0.25) is 5.91 Å². The quantitative estimate of drug-likeness (QED) is 0.870. The van der Waals surface area contributed by atoms with Crippen molar-refractivity contribution in [2.45, 2.75) is 39.2 Å². The van der Waals surface area contributed by atoms with Crippen molar-refractivity contribution in [1.29, 1.82) is 0 Å². The van der Waals surface area contributed by atoms with Crippen molar-refractivity contribution in [2.75, 3.05) is 13.1 Å². The lowest BCUT2D eigenvalue weighted by molar-refractivity contribution is -0.120. The molecule has 1 heterocycles. The molecule has 1 saturated heterocycles. The molecule has 1 amide bonds. The molecule has 1 aliphatic rings. The highest BCUT2D eigenvalue weighted by atomic mass is 16.1. The van der Waals surface area contributed by atoms with E-state index in [9.17, 15) is 4.79 Å². The van der Waals surface area contributed by atoms with E-state index in [0.717, 1.165) is 18.7 Å². The zero-order chi connectivity index (χ0) is 13.7. The van der Waals surface area contributed by atoms with E-state index in [2.05, 4.69) is 36.6 Å². The minimum atomic E-state index is 0.129. The van der Waals surface area contributed by atoms with Crippen LogP contribution in [-0.4, -0.2) is 25.0 Å². The second kappa shape index (κ2) is 6.71. The van der Waals surface area contributed by atoms with Gasteiger partial charge in [0.25, 0.3) is 0 Å².